The lowest BCUT2D eigenvalue weighted by Gasteiger charge is -2.29. The van der Waals surface area contributed by atoms with E-state index in [1.165, 1.54) is 21.0 Å². The number of rotatable bonds is 3. The van der Waals surface area contributed by atoms with E-state index in [9.17, 15) is 18.7 Å². The van der Waals surface area contributed by atoms with Crippen LogP contribution in [0.3, 0.4) is 0 Å². The molecule has 0 saturated carbocycles. The number of carbonyl (C=O) groups excluding carboxylic acids is 1. The molecule has 0 bridgehead atoms. The van der Waals surface area contributed by atoms with Crippen LogP contribution in [0.25, 0.3) is 0 Å². The highest BCUT2D eigenvalue weighted by Gasteiger charge is 2.39. The highest BCUT2D eigenvalue weighted by molar-refractivity contribution is 9.10. The lowest BCUT2D eigenvalue weighted by Crippen LogP contribution is -2.37. The quantitative estimate of drug-likeness (QED) is 0.656. The highest BCUT2D eigenvalue weighted by atomic mass is 79.9. The third-order valence-electron chi connectivity index (χ3n) is 2.99. The Balaban J connectivity index is 3.35. The van der Waals surface area contributed by atoms with Gasteiger partial charge in [-0.25, -0.2) is 4.39 Å². The number of carbonyl (C=O) groups is 1. The number of methoxy groups -OCH3 is 1. The maximum atomic E-state index is 13.5. The Morgan fingerprint density at radius 1 is 1.47 bits per heavy atom. The molecule has 0 fully saturated rings. The minimum atomic E-state index is -1.42. The molecule has 19 heavy (non-hydrogen) atoms. The van der Waals surface area contributed by atoms with Crippen LogP contribution in [0.15, 0.2) is 10.5 Å². The van der Waals surface area contributed by atoms with E-state index in [0.717, 1.165) is 6.07 Å². The molecule has 1 aromatic carbocycles. The van der Waals surface area contributed by atoms with Gasteiger partial charge in [-0.05, 0) is 35.8 Å². The number of nitrogens with two attached hydrogens (primary N) is 1. The fraction of sp³-hybridized carbons (Fsp3) is 0.417. The van der Waals surface area contributed by atoms with E-state index >= 15 is 0 Å². The van der Waals surface area contributed by atoms with Crippen molar-refractivity contribution in [3.63, 3.8) is 0 Å². The first-order valence-corrected chi connectivity index (χ1v) is 6.14. The molecule has 0 saturated heterocycles. The standard InChI is InChI=1S/C12H14BrF2NO3/c1-12(2,11(18)19-3)10(16)5-4-6(13)7(14)8(15)9(5)17/h4,10,17H,16H2,1-3H3/t10-/m0/s1. The van der Waals surface area contributed by atoms with E-state index < -0.39 is 34.8 Å². The third-order valence-corrected chi connectivity index (χ3v) is 3.57. The molecule has 0 unspecified atom stereocenters. The summed E-state index contributed by atoms with van der Waals surface area (Å²) in [6.07, 6.45) is 0. The van der Waals surface area contributed by atoms with E-state index in [4.69, 9.17) is 5.73 Å². The van der Waals surface area contributed by atoms with Crippen molar-refractivity contribution in [3.05, 3.63) is 27.7 Å². The van der Waals surface area contributed by atoms with Gasteiger partial charge >= 0.3 is 5.97 Å². The molecule has 3 N–H and O–H groups in total. The van der Waals surface area contributed by atoms with Crippen molar-refractivity contribution in [2.24, 2.45) is 11.1 Å². The van der Waals surface area contributed by atoms with Gasteiger partial charge in [0, 0.05) is 11.6 Å². The van der Waals surface area contributed by atoms with Crippen molar-refractivity contribution >= 4 is 21.9 Å². The maximum absolute atomic E-state index is 13.5. The highest BCUT2D eigenvalue weighted by Crippen LogP contribution is 2.40. The van der Waals surface area contributed by atoms with Crippen LogP contribution in [0.5, 0.6) is 5.75 Å². The molecule has 0 aliphatic heterocycles. The molecule has 0 aliphatic rings. The zero-order valence-corrected chi connectivity index (χ0v) is 12.2. The molecule has 0 aromatic heterocycles. The first-order chi connectivity index (χ1) is 8.64. The number of halogens is 3. The molecule has 4 nitrogen and oxygen atoms in total. The Morgan fingerprint density at radius 3 is 2.47 bits per heavy atom. The van der Waals surface area contributed by atoms with E-state index in [0.29, 0.717) is 0 Å². The second-order valence-corrected chi connectivity index (χ2v) is 5.47. The minimum absolute atomic E-state index is 0.0822. The van der Waals surface area contributed by atoms with Crippen LogP contribution in [0, 0.1) is 17.0 Å². The predicted octanol–water partition coefficient (Wildman–Crippen LogP) is 2.63. The molecular formula is C12H14BrF2NO3. The zero-order valence-electron chi connectivity index (χ0n) is 10.6. The fourth-order valence-corrected chi connectivity index (χ4v) is 2.04. The molecule has 1 rings (SSSR count). The van der Waals surface area contributed by atoms with Crippen LogP contribution < -0.4 is 5.73 Å². The van der Waals surface area contributed by atoms with Crippen LogP contribution in [0.4, 0.5) is 8.78 Å². The second-order valence-electron chi connectivity index (χ2n) is 4.62. The molecule has 0 spiro atoms. The van der Waals surface area contributed by atoms with Crippen molar-refractivity contribution in [3.8, 4) is 5.75 Å². The zero-order chi connectivity index (χ0) is 15.0. The smallest absolute Gasteiger partial charge is 0.313 e. The van der Waals surface area contributed by atoms with Gasteiger partial charge in [-0.15, -0.1) is 0 Å². The fourth-order valence-electron chi connectivity index (χ4n) is 1.62. The summed E-state index contributed by atoms with van der Waals surface area (Å²) in [5.74, 6) is -4.17. The maximum Gasteiger partial charge on any atom is 0.313 e. The third kappa shape index (κ3) is 2.71. The Kier molecular flexibility index (Phi) is 4.52. The number of ether oxygens (including phenoxy) is 1. The Hall–Kier alpha value is -1.21. The number of esters is 1. The molecule has 7 heteroatoms. The van der Waals surface area contributed by atoms with Gasteiger partial charge in [-0.2, -0.15) is 4.39 Å². The number of hydrogen-bond donors (Lipinski definition) is 2. The summed E-state index contributed by atoms with van der Waals surface area (Å²) in [5, 5.41) is 9.62. The number of phenolic OH excluding ortho intramolecular Hbond substituents is 1. The molecule has 1 aromatic rings. The van der Waals surface area contributed by atoms with Crippen molar-refractivity contribution < 1.29 is 23.4 Å². The van der Waals surface area contributed by atoms with Crippen LogP contribution in [0.1, 0.15) is 25.5 Å². The SMILES string of the molecule is COC(=O)C(C)(C)[C@@H](N)c1cc(Br)c(F)c(F)c1O. The average molecular weight is 338 g/mol. The lowest BCUT2D eigenvalue weighted by atomic mass is 9.80. The molecule has 106 valence electrons. The topological polar surface area (TPSA) is 72.5 Å². The summed E-state index contributed by atoms with van der Waals surface area (Å²) < 4.78 is 31.1. The molecule has 0 aliphatic carbocycles. The predicted molar refractivity (Wildman–Crippen MR) is 68.4 cm³/mol. The van der Waals surface area contributed by atoms with Gasteiger partial charge in [0.05, 0.1) is 17.0 Å². The number of benzene rings is 1. The monoisotopic (exact) mass is 337 g/mol. The van der Waals surface area contributed by atoms with E-state index in [2.05, 4.69) is 20.7 Å². The van der Waals surface area contributed by atoms with Crippen molar-refractivity contribution in [2.75, 3.05) is 7.11 Å². The van der Waals surface area contributed by atoms with Crippen LogP contribution >= 0.6 is 15.9 Å². The first-order valence-electron chi connectivity index (χ1n) is 5.35. The number of phenols is 1. The van der Waals surface area contributed by atoms with Gasteiger partial charge in [-0.1, -0.05) is 0 Å². The number of hydrogen-bond acceptors (Lipinski definition) is 4. The second kappa shape index (κ2) is 5.42. The summed E-state index contributed by atoms with van der Waals surface area (Å²) >= 11 is 2.82. The van der Waals surface area contributed by atoms with Crippen LogP contribution in [0.2, 0.25) is 0 Å². The van der Waals surface area contributed by atoms with Crippen molar-refractivity contribution in [2.45, 2.75) is 19.9 Å². The van der Waals surface area contributed by atoms with Crippen molar-refractivity contribution in [1.82, 2.24) is 0 Å². The van der Waals surface area contributed by atoms with Gasteiger partial charge in [0.25, 0.3) is 0 Å². The molecule has 0 amide bonds. The average Bonchev–Trinajstić information content (AvgIpc) is 2.38. The van der Waals surface area contributed by atoms with Gasteiger partial charge in [0.2, 0.25) is 5.82 Å². The van der Waals surface area contributed by atoms with E-state index in [-0.39, 0.29) is 10.0 Å². The molecule has 0 radical (unpaired) electrons. The Bertz CT molecular complexity index is 520. The summed E-state index contributed by atoms with van der Waals surface area (Å²) in [4.78, 5) is 11.6. The Labute approximate surface area is 117 Å². The van der Waals surface area contributed by atoms with Gasteiger partial charge in [0.1, 0.15) is 0 Å². The minimum Gasteiger partial charge on any atom is -0.505 e. The first kappa shape index (κ1) is 15.8. The van der Waals surface area contributed by atoms with Gasteiger partial charge < -0.3 is 15.6 Å². The van der Waals surface area contributed by atoms with Crippen LogP contribution in [-0.2, 0) is 9.53 Å². The molecule has 1 atom stereocenters. The summed E-state index contributed by atoms with van der Waals surface area (Å²) in [6.45, 7) is 2.97. The largest absolute Gasteiger partial charge is 0.505 e. The Morgan fingerprint density at radius 2 is 2.00 bits per heavy atom. The number of aromatic hydroxyl groups is 1. The van der Waals surface area contributed by atoms with Crippen molar-refractivity contribution in [1.29, 1.82) is 0 Å². The summed E-state index contributed by atoms with van der Waals surface area (Å²) in [7, 11) is 1.19. The van der Waals surface area contributed by atoms with Gasteiger partial charge in [0.15, 0.2) is 11.6 Å². The lowest BCUT2D eigenvalue weighted by molar-refractivity contribution is -0.152. The molecular weight excluding hydrogens is 324 g/mol. The summed E-state index contributed by atoms with van der Waals surface area (Å²) in [6, 6.07) is 0.0784. The normalized spacial score (nSPS) is 13.2. The summed E-state index contributed by atoms with van der Waals surface area (Å²) in [5.41, 5.74) is 4.57. The molecule has 0 heterocycles. The van der Waals surface area contributed by atoms with E-state index in [1.807, 2.05) is 0 Å². The van der Waals surface area contributed by atoms with E-state index in [1.54, 1.807) is 0 Å². The van der Waals surface area contributed by atoms with Crippen LogP contribution in [-0.4, -0.2) is 18.2 Å². The van der Waals surface area contributed by atoms with Gasteiger partial charge in [-0.3, -0.25) is 4.79 Å².